The van der Waals surface area contributed by atoms with Gasteiger partial charge in [0.25, 0.3) is 15.9 Å². The number of carbonyl (C=O) groups excluding carboxylic acids is 1. The molecular formula is C24H33N3O3S. The van der Waals surface area contributed by atoms with Gasteiger partial charge in [0.15, 0.2) is 0 Å². The number of sulfonamides is 1. The number of piperidine rings is 1. The highest BCUT2D eigenvalue weighted by atomic mass is 32.2. The van der Waals surface area contributed by atoms with Gasteiger partial charge < -0.3 is 10.2 Å². The van der Waals surface area contributed by atoms with Crippen LogP contribution in [-0.4, -0.2) is 52.5 Å². The first-order valence-electron chi connectivity index (χ1n) is 10.9. The smallest absolute Gasteiger partial charge is 0.264 e. The molecule has 31 heavy (non-hydrogen) atoms. The van der Waals surface area contributed by atoms with Gasteiger partial charge in [-0.3, -0.25) is 9.10 Å². The van der Waals surface area contributed by atoms with Crippen LogP contribution in [0.4, 0.5) is 5.69 Å². The number of rotatable bonds is 8. The second kappa shape index (κ2) is 10.3. The molecule has 2 aromatic rings. The Bertz CT molecular complexity index is 969. The molecule has 0 saturated carbocycles. The molecule has 0 aromatic heterocycles. The summed E-state index contributed by atoms with van der Waals surface area (Å²) in [5.41, 5.74) is 0.903. The summed E-state index contributed by atoms with van der Waals surface area (Å²) in [5, 5.41) is 2.96. The number of nitrogens with zero attached hydrogens (tertiary/aromatic N) is 2. The number of hydrogen-bond donors (Lipinski definition) is 1. The van der Waals surface area contributed by atoms with E-state index in [1.165, 1.54) is 17.8 Å². The maximum Gasteiger partial charge on any atom is 0.264 e. The lowest BCUT2D eigenvalue weighted by Gasteiger charge is -2.34. The first-order valence-corrected chi connectivity index (χ1v) is 12.4. The summed E-state index contributed by atoms with van der Waals surface area (Å²) in [6.07, 6.45) is 2.19. The average Bonchev–Trinajstić information content (AvgIpc) is 2.76. The predicted molar refractivity (Wildman–Crippen MR) is 125 cm³/mol. The highest BCUT2D eigenvalue weighted by Crippen LogP contribution is 2.23. The minimum Gasteiger partial charge on any atom is -0.352 e. The SMILES string of the molecule is C[C@H]1C[C@H](C)CN(CCCNC(=O)c2cccc(N(C)S(=O)(=O)c3ccccc3)c2)C1. The van der Waals surface area contributed by atoms with E-state index >= 15 is 0 Å². The monoisotopic (exact) mass is 443 g/mol. The summed E-state index contributed by atoms with van der Waals surface area (Å²) < 4.78 is 26.9. The van der Waals surface area contributed by atoms with Crippen LogP contribution in [0.3, 0.4) is 0 Å². The number of anilines is 1. The van der Waals surface area contributed by atoms with Crippen LogP contribution < -0.4 is 9.62 Å². The lowest BCUT2D eigenvalue weighted by molar-refractivity contribution is 0.0947. The fourth-order valence-corrected chi connectivity index (χ4v) is 5.52. The number of likely N-dealkylation sites (tertiary alicyclic amines) is 1. The molecule has 2 atom stereocenters. The summed E-state index contributed by atoms with van der Waals surface area (Å²) in [7, 11) is -2.18. The zero-order valence-electron chi connectivity index (χ0n) is 18.6. The minimum atomic E-state index is -3.68. The topological polar surface area (TPSA) is 69.7 Å². The van der Waals surface area contributed by atoms with E-state index in [4.69, 9.17) is 0 Å². The van der Waals surface area contributed by atoms with Gasteiger partial charge in [-0.1, -0.05) is 38.1 Å². The molecule has 0 spiro atoms. The quantitative estimate of drug-likeness (QED) is 0.633. The van der Waals surface area contributed by atoms with E-state index in [2.05, 4.69) is 24.1 Å². The first kappa shape index (κ1) is 23.3. The summed E-state index contributed by atoms with van der Waals surface area (Å²) >= 11 is 0. The molecule has 1 amide bonds. The van der Waals surface area contributed by atoms with Crippen LogP contribution in [0.25, 0.3) is 0 Å². The molecule has 2 aromatic carbocycles. The van der Waals surface area contributed by atoms with Gasteiger partial charge in [0.05, 0.1) is 10.6 Å². The fourth-order valence-electron chi connectivity index (χ4n) is 4.31. The highest BCUT2D eigenvalue weighted by molar-refractivity contribution is 7.92. The molecule has 1 aliphatic rings. The van der Waals surface area contributed by atoms with Gasteiger partial charge in [-0.15, -0.1) is 0 Å². The zero-order valence-corrected chi connectivity index (χ0v) is 19.4. The Kier molecular flexibility index (Phi) is 7.73. The second-order valence-corrected chi connectivity index (χ2v) is 10.6. The van der Waals surface area contributed by atoms with Gasteiger partial charge in [0.2, 0.25) is 0 Å². The Balaban J connectivity index is 1.56. The molecule has 0 bridgehead atoms. The fraction of sp³-hybridized carbons (Fsp3) is 0.458. The van der Waals surface area contributed by atoms with Crippen molar-refractivity contribution in [1.82, 2.24) is 10.2 Å². The summed E-state index contributed by atoms with van der Waals surface area (Å²) in [6.45, 7) is 8.43. The van der Waals surface area contributed by atoms with Crippen LogP contribution in [0.2, 0.25) is 0 Å². The number of nitrogens with one attached hydrogen (secondary N) is 1. The van der Waals surface area contributed by atoms with E-state index in [0.717, 1.165) is 37.9 Å². The van der Waals surface area contributed by atoms with Crippen LogP contribution in [0.15, 0.2) is 59.5 Å². The minimum absolute atomic E-state index is 0.187. The lowest BCUT2D eigenvalue weighted by atomic mass is 9.92. The Hall–Kier alpha value is -2.38. The molecule has 1 N–H and O–H groups in total. The van der Waals surface area contributed by atoms with Gasteiger partial charge in [0, 0.05) is 32.2 Å². The Morgan fingerprint density at radius 3 is 2.42 bits per heavy atom. The van der Waals surface area contributed by atoms with E-state index < -0.39 is 10.0 Å². The third-order valence-corrected chi connectivity index (χ3v) is 7.55. The molecule has 6 nitrogen and oxygen atoms in total. The van der Waals surface area contributed by atoms with Gasteiger partial charge in [-0.2, -0.15) is 0 Å². The van der Waals surface area contributed by atoms with E-state index in [9.17, 15) is 13.2 Å². The predicted octanol–water partition coefficient (Wildman–Crippen LogP) is 3.61. The highest BCUT2D eigenvalue weighted by Gasteiger charge is 2.22. The van der Waals surface area contributed by atoms with Gasteiger partial charge in [-0.25, -0.2) is 8.42 Å². The third kappa shape index (κ3) is 6.08. The average molecular weight is 444 g/mol. The van der Waals surface area contributed by atoms with E-state index in [0.29, 0.717) is 17.8 Å². The van der Waals surface area contributed by atoms with Crippen molar-refractivity contribution in [2.45, 2.75) is 31.6 Å². The number of benzene rings is 2. The summed E-state index contributed by atoms with van der Waals surface area (Å²) in [5.74, 6) is 1.27. The van der Waals surface area contributed by atoms with E-state index in [1.54, 1.807) is 54.6 Å². The van der Waals surface area contributed by atoms with Crippen LogP contribution in [0.1, 0.15) is 37.0 Å². The molecule has 168 valence electrons. The number of amides is 1. The van der Waals surface area contributed by atoms with Gasteiger partial charge in [-0.05, 0) is 61.6 Å². The summed E-state index contributed by atoms with van der Waals surface area (Å²) in [6, 6.07) is 15.0. The van der Waals surface area contributed by atoms with Crippen LogP contribution in [0.5, 0.6) is 0 Å². The zero-order chi connectivity index (χ0) is 22.4. The van der Waals surface area contributed by atoms with E-state index in [1.807, 2.05) is 0 Å². The molecular weight excluding hydrogens is 410 g/mol. The normalized spacial score (nSPS) is 19.7. The first-order chi connectivity index (χ1) is 14.8. The van der Waals surface area contributed by atoms with Crippen molar-refractivity contribution < 1.29 is 13.2 Å². The maximum absolute atomic E-state index is 12.8. The third-order valence-electron chi connectivity index (χ3n) is 5.75. The number of carbonyl (C=O) groups is 1. The van der Waals surface area contributed by atoms with Crippen LogP contribution >= 0.6 is 0 Å². The maximum atomic E-state index is 12.8. The van der Waals surface area contributed by atoms with Crippen molar-refractivity contribution in [3.8, 4) is 0 Å². The molecule has 0 radical (unpaired) electrons. The Labute approximate surface area is 186 Å². The van der Waals surface area contributed by atoms with Crippen molar-refractivity contribution in [2.24, 2.45) is 11.8 Å². The molecule has 1 fully saturated rings. The molecule has 1 heterocycles. The molecule has 0 aliphatic carbocycles. The Morgan fingerprint density at radius 2 is 1.74 bits per heavy atom. The van der Waals surface area contributed by atoms with Crippen LogP contribution in [0, 0.1) is 11.8 Å². The van der Waals surface area contributed by atoms with Crippen molar-refractivity contribution in [3.05, 3.63) is 60.2 Å². The molecule has 0 unspecified atom stereocenters. The van der Waals surface area contributed by atoms with Crippen molar-refractivity contribution >= 4 is 21.6 Å². The van der Waals surface area contributed by atoms with Crippen LogP contribution in [-0.2, 0) is 10.0 Å². The standard InChI is InChI=1S/C24H33N3O3S/c1-19-15-20(2)18-27(17-19)14-8-13-25-24(28)21-9-7-10-22(16-21)26(3)31(29,30)23-11-5-4-6-12-23/h4-7,9-12,16,19-20H,8,13-15,17-18H2,1-3H3,(H,25,28)/t19-,20-/m0/s1. The molecule has 7 heteroatoms. The second-order valence-electron chi connectivity index (χ2n) is 8.65. The van der Waals surface area contributed by atoms with Crippen molar-refractivity contribution in [1.29, 1.82) is 0 Å². The Morgan fingerprint density at radius 1 is 1.06 bits per heavy atom. The van der Waals surface area contributed by atoms with E-state index in [-0.39, 0.29) is 10.8 Å². The van der Waals surface area contributed by atoms with Crippen molar-refractivity contribution in [3.63, 3.8) is 0 Å². The molecule has 3 rings (SSSR count). The lowest BCUT2D eigenvalue weighted by Crippen LogP contribution is -2.40. The molecule has 1 aliphatic heterocycles. The van der Waals surface area contributed by atoms with Crippen molar-refractivity contribution in [2.75, 3.05) is 37.5 Å². The summed E-state index contributed by atoms with van der Waals surface area (Å²) in [4.78, 5) is 15.3. The number of hydrogen-bond acceptors (Lipinski definition) is 4. The largest absolute Gasteiger partial charge is 0.352 e. The van der Waals surface area contributed by atoms with Gasteiger partial charge in [0.1, 0.15) is 0 Å². The molecule has 1 saturated heterocycles. The van der Waals surface area contributed by atoms with Gasteiger partial charge >= 0.3 is 0 Å².